The largest absolute Gasteiger partial charge is 0.465 e. The van der Waals surface area contributed by atoms with Gasteiger partial charge < -0.3 is 14.0 Å². The summed E-state index contributed by atoms with van der Waals surface area (Å²) in [6, 6.07) is 9.39. The summed E-state index contributed by atoms with van der Waals surface area (Å²) in [5.74, 6) is 0.558. The fourth-order valence-corrected chi connectivity index (χ4v) is 3.30. The van der Waals surface area contributed by atoms with Crippen LogP contribution in [0.25, 0.3) is 11.0 Å². The Morgan fingerprint density at radius 3 is 2.88 bits per heavy atom. The Bertz CT molecular complexity index is 949. The molecule has 0 aliphatic carbocycles. The first kappa shape index (κ1) is 17.2. The molecule has 4 rings (SSSR count). The van der Waals surface area contributed by atoms with E-state index >= 15 is 0 Å². The number of benzene rings is 1. The van der Waals surface area contributed by atoms with E-state index in [2.05, 4.69) is 25.5 Å². The molecule has 0 spiro atoms. The van der Waals surface area contributed by atoms with E-state index in [1.54, 1.807) is 12.3 Å². The monoisotopic (exact) mass is 415 g/mol. The second-order valence-electron chi connectivity index (χ2n) is 6.26. The Morgan fingerprint density at radius 2 is 2.23 bits per heavy atom. The number of carbonyl (C=O) groups excluding carboxylic acids is 1. The lowest BCUT2D eigenvalue weighted by Crippen LogP contribution is -2.31. The van der Waals surface area contributed by atoms with Gasteiger partial charge in [-0.2, -0.15) is 0 Å². The third-order valence-corrected chi connectivity index (χ3v) is 5.02. The van der Waals surface area contributed by atoms with Crippen molar-refractivity contribution in [3.8, 4) is 0 Å². The van der Waals surface area contributed by atoms with E-state index in [1.165, 1.54) is 7.11 Å². The molecule has 26 heavy (non-hydrogen) atoms. The molecule has 3 heterocycles. The number of rotatable bonds is 5. The second kappa shape index (κ2) is 7.17. The van der Waals surface area contributed by atoms with Crippen LogP contribution in [-0.4, -0.2) is 40.3 Å². The van der Waals surface area contributed by atoms with Gasteiger partial charge in [0.05, 0.1) is 36.4 Å². The molecule has 0 N–H and O–H groups in total. The smallest absolute Gasteiger partial charge is 0.337 e. The Kier molecular flexibility index (Phi) is 4.74. The Balaban J connectivity index is 1.75. The first-order chi connectivity index (χ1) is 12.6. The van der Waals surface area contributed by atoms with Gasteiger partial charge >= 0.3 is 5.97 Å². The molecular formula is C19H18BrN3O3. The van der Waals surface area contributed by atoms with Crippen LogP contribution in [0.4, 0.5) is 0 Å². The van der Waals surface area contributed by atoms with Crippen LogP contribution in [0.2, 0.25) is 0 Å². The van der Waals surface area contributed by atoms with Crippen LogP contribution in [0.3, 0.4) is 0 Å². The first-order valence-electron chi connectivity index (χ1n) is 8.43. The van der Waals surface area contributed by atoms with Gasteiger partial charge in [-0.15, -0.1) is 0 Å². The van der Waals surface area contributed by atoms with E-state index in [0.29, 0.717) is 18.5 Å². The molecule has 1 saturated heterocycles. The molecule has 1 atom stereocenters. The number of methoxy groups -OCH3 is 1. The second-order valence-corrected chi connectivity index (χ2v) is 7.18. The molecule has 6 nitrogen and oxygen atoms in total. The SMILES string of the molecule is COC(=O)c1ccc2nc(Cc3ccc(Br)cn3)n(C[C@@H]3CCO3)c2c1. The van der Waals surface area contributed by atoms with Crippen molar-refractivity contribution in [1.29, 1.82) is 0 Å². The number of halogens is 1. The molecule has 0 bridgehead atoms. The van der Waals surface area contributed by atoms with E-state index in [9.17, 15) is 4.79 Å². The standard InChI is InChI=1S/C19H18BrN3O3/c1-25-19(24)12-2-5-16-17(8-12)23(11-15-6-7-26-15)18(22-16)9-14-4-3-13(20)10-21-14/h2-5,8,10,15H,6-7,9,11H2,1H3/t15-/m0/s1. The van der Waals surface area contributed by atoms with Crippen LogP contribution in [0.15, 0.2) is 41.0 Å². The molecule has 134 valence electrons. The number of ether oxygens (including phenoxy) is 2. The van der Waals surface area contributed by atoms with E-state index in [4.69, 9.17) is 14.5 Å². The Labute approximate surface area is 159 Å². The van der Waals surface area contributed by atoms with Crippen molar-refractivity contribution in [2.45, 2.75) is 25.5 Å². The molecule has 1 aliphatic rings. The highest BCUT2D eigenvalue weighted by molar-refractivity contribution is 9.10. The van der Waals surface area contributed by atoms with Crippen LogP contribution >= 0.6 is 15.9 Å². The van der Waals surface area contributed by atoms with Gasteiger partial charge in [0.25, 0.3) is 0 Å². The molecule has 1 fully saturated rings. The van der Waals surface area contributed by atoms with Gasteiger partial charge in [-0.1, -0.05) is 0 Å². The average Bonchev–Trinajstić information content (AvgIpc) is 2.95. The normalized spacial score (nSPS) is 16.5. The summed E-state index contributed by atoms with van der Waals surface area (Å²) in [5, 5.41) is 0. The highest BCUT2D eigenvalue weighted by Crippen LogP contribution is 2.24. The first-order valence-corrected chi connectivity index (χ1v) is 9.23. The minimum atomic E-state index is -0.351. The van der Waals surface area contributed by atoms with Gasteiger partial charge in [-0.3, -0.25) is 4.98 Å². The van der Waals surface area contributed by atoms with E-state index < -0.39 is 0 Å². The Hall–Kier alpha value is -2.25. The molecule has 0 saturated carbocycles. The Morgan fingerprint density at radius 1 is 1.38 bits per heavy atom. The number of imidazole rings is 1. The van der Waals surface area contributed by atoms with Crippen molar-refractivity contribution in [2.24, 2.45) is 0 Å². The number of aromatic nitrogens is 3. The van der Waals surface area contributed by atoms with Crippen LogP contribution < -0.4 is 0 Å². The van der Waals surface area contributed by atoms with Gasteiger partial charge in [0.1, 0.15) is 5.82 Å². The topological polar surface area (TPSA) is 66.2 Å². The zero-order valence-electron chi connectivity index (χ0n) is 14.3. The number of fused-ring (bicyclic) bond motifs is 1. The van der Waals surface area contributed by atoms with Crippen LogP contribution in [-0.2, 0) is 22.4 Å². The van der Waals surface area contributed by atoms with Crippen LogP contribution in [0, 0.1) is 0 Å². The maximum absolute atomic E-state index is 11.9. The lowest BCUT2D eigenvalue weighted by atomic mass is 10.1. The van der Waals surface area contributed by atoms with E-state index in [1.807, 2.05) is 24.3 Å². The van der Waals surface area contributed by atoms with Crippen LogP contribution in [0.1, 0.15) is 28.3 Å². The van der Waals surface area contributed by atoms with Crippen LogP contribution in [0.5, 0.6) is 0 Å². The molecule has 0 radical (unpaired) electrons. The van der Waals surface area contributed by atoms with E-state index in [-0.39, 0.29) is 12.1 Å². The lowest BCUT2D eigenvalue weighted by molar-refractivity contribution is -0.0589. The molecule has 0 amide bonds. The van der Waals surface area contributed by atoms with E-state index in [0.717, 1.165) is 40.1 Å². The molecule has 7 heteroatoms. The number of carbonyl (C=O) groups is 1. The van der Waals surface area contributed by atoms with Crippen molar-refractivity contribution in [3.63, 3.8) is 0 Å². The van der Waals surface area contributed by atoms with Gasteiger partial charge in [0, 0.05) is 29.4 Å². The van der Waals surface area contributed by atoms with Crippen molar-refractivity contribution >= 4 is 32.9 Å². The zero-order chi connectivity index (χ0) is 18.1. The number of hydrogen-bond acceptors (Lipinski definition) is 5. The van der Waals surface area contributed by atoms with Gasteiger partial charge in [0.15, 0.2) is 0 Å². The molecule has 1 aliphatic heterocycles. The summed E-state index contributed by atoms with van der Waals surface area (Å²) in [6.07, 6.45) is 3.62. The summed E-state index contributed by atoms with van der Waals surface area (Å²) in [7, 11) is 1.39. The quantitative estimate of drug-likeness (QED) is 0.597. The van der Waals surface area contributed by atoms with Gasteiger partial charge in [-0.05, 0) is 52.7 Å². The molecule has 3 aromatic rings. The van der Waals surface area contributed by atoms with Crippen molar-refractivity contribution in [3.05, 3.63) is 58.1 Å². The minimum Gasteiger partial charge on any atom is -0.465 e. The number of hydrogen-bond donors (Lipinski definition) is 0. The third kappa shape index (κ3) is 3.37. The minimum absolute atomic E-state index is 0.186. The van der Waals surface area contributed by atoms with Gasteiger partial charge in [0.2, 0.25) is 0 Å². The number of esters is 1. The van der Waals surface area contributed by atoms with Crippen molar-refractivity contribution in [2.75, 3.05) is 13.7 Å². The summed E-state index contributed by atoms with van der Waals surface area (Å²) in [5.41, 5.74) is 3.22. The summed E-state index contributed by atoms with van der Waals surface area (Å²) >= 11 is 3.41. The number of pyridine rings is 1. The molecule has 2 aromatic heterocycles. The highest BCUT2D eigenvalue weighted by atomic mass is 79.9. The summed E-state index contributed by atoms with van der Waals surface area (Å²) in [6.45, 7) is 1.52. The zero-order valence-corrected chi connectivity index (χ0v) is 15.9. The molecule has 0 unspecified atom stereocenters. The lowest BCUT2D eigenvalue weighted by Gasteiger charge is -2.27. The number of nitrogens with zero attached hydrogens (tertiary/aromatic N) is 3. The maximum Gasteiger partial charge on any atom is 0.337 e. The summed E-state index contributed by atoms with van der Waals surface area (Å²) in [4.78, 5) is 21.1. The van der Waals surface area contributed by atoms with Crippen molar-refractivity contribution in [1.82, 2.24) is 14.5 Å². The predicted octanol–water partition coefficient (Wildman–Crippen LogP) is 3.36. The fraction of sp³-hybridized carbons (Fsp3) is 0.316. The third-order valence-electron chi connectivity index (χ3n) is 4.56. The van der Waals surface area contributed by atoms with Crippen molar-refractivity contribution < 1.29 is 14.3 Å². The predicted molar refractivity (Wildman–Crippen MR) is 100 cm³/mol. The average molecular weight is 416 g/mol. The molecule has 1 aromatic carbocycles. The van der Waals surface area contributed by atoms with Gasteiger partial charge in [-0.25, -0.2) is 9.78 Å². The summed E-state index contributed by atoms with van der Waals surface area (Å²) < 4.78 is 13.5. The highest BCUT2D eigenvalue weighted by Gasteiger charge is 2.22. The fourth-order valence-electron chi connectivity index (χ4n) is 3.06. The molecular weight excluding hydrogens is 398 g/mol. The maximum atomic E-state index is 11.9.